The largest absolute Gasteiger partial charge is 0.495 e. The van der Waals surface area contributed by atoms with E-state index in [-0.39, 0.29) is 5.92 Å². The zero-order valence-corrected chi connectivity index (χ0v) is 18.3. The van der Waals surface area contributed by atoms with E-state index < -0.39 is 6.09 Å². The van der Waals surface area contributed by atoms with Gasteiger partial charge in [0.1, 0.15) is 5.75 Å². The number of hydrogen-bond acceptors (Lipinski definition) is 4. The highest BCUT2D eigenvalue weighted by Crippen LogP contribution is 2.33. The van der Waals surface area contributed by atoms with E-state index in [2.05, 4.69) is 33.3 Å². The van der Waals surface area contributed by atoms with Crippen LogP contribution in [-0.2, 0) is 0 Å². The van der Waals surface area contributed by atoms with Crippen LogP contribution in [0.3, 0.4) is 0 Å². The van der Waals surface area contributed by atoms with Crippen LogP contribution in [0.5, 0.6) is 5.75 Å². The SMILES string of the molecule is COc1ccccc1N1CCN(CC(c2ccccc2)c2ccccc2NC(=O)O)CC1. The van der Waals surface area contributed by atoms with Crippen molar-refractivity contribution in [2.75, 3.05) is 50.1 Å². The highest BCUT2D eigenvalue weighted by molar-refractivity contribution is 5.84. The molecular formula is C26H29N3O3. The number of benzene rings is 3. The topological polar surface area (TPSA) is 65.0 Å². The molecular weight excluding hydrogens is 402 g/mol. The summed E-state index contributed by atoms with van der Waals surface area (Å²) in [7, 11) is 1.71. The van der Waals surface area contributed by atoms with E-state index in [1.54, 1.807) is 7.11 Å². The van der Waals surface area contributed by atoms with Crippen LogP contribution in [0.2, 0.25) is 0 Å². The van der Waals surface area contributed by atoms with E-state index in [4.69, 9.17) is 4.74 Å². The Morgan fingerprint density at radius 2 is 1.59 bits per heavy atom. The third-order valence-corrected chi connectivity index (χ3v) is 6.02. The van der Waals surface area contributed by atoms with Crippen molar-refractivity contribution in [3.8, 4) is 5.75 Å². The molecule has 4 rings (SSSR count). The van der Waals surface area contributed by atoms with Gasteiger partial charge < -0.3 is 14.7 Å². The Balaban J connectivity index is 1.53. The Morgan fingerprint density at radius 3 is 2.31 bits per heavy atom. The third kappa shape index (κ3) is 5.03. The minimum Gasteiger partial charge on any atom is -0.495 e. The maximum Gasteiger partial charge on any atom is 0.409 e. The van der Waals surface area contributed by atoms with E-state index >= 15 is 0 Å². The van der Waals surface area contributed by atoms with Gasteiger partial charge in [0.2, 0.25) is 0 Å². The molecule has 0 bridgehead atoms. The number of piperazine rings is 1. The molecule has 1 unspecified atom stereocenters. The molecule has 2 N–H and O–H groups in total. The summed E-state index contributed by atoms with van der Waals surface area (Å²) in [6.07, 6.45) is -1.05. The molecule has 6 nitrogen and oxygen atoms in total. The molecule has 0 aliphatic carbocycles. The molecule has 1 heterocycles. The molecule has 1 aliphatic rings. The van der Waals surface area contributed by atoms with E-state index in [0.29, 0.717) is 5.69 Å². The van der Waals surface area contributed by atoms with Gasteiger partial charge in [-0.05, 0) is 29.3 Å². The van der Waals surface area contributed by atoms with Crippen LogP contribution in [0.25, 0.3) is 0 Å². The monoisotopic (exact) mass is 431 g/mol. The van der Waals surface area contributed by atoms with E-state index in [1.807, 2.05) is 60.7 Å². The molecule has 1 aliphatic heterocycles. The summed E-state index contributed by atoms with van der Waals surface area (Å²) in [6.45, 7) is 4.50. The fourth-order valence-corrected chi connectivity index (χ4v) is 4.42. The Bertz CT molecular complexity index is 1030. The zero-order valence-electron chi connectivity index (χ0n) is 18.3. The first-order valence-corrected chi connectivity index (χ1v) is 10.9. The standard InChI is InChI=1S/C26H29N3O3/c1-32-25-14-8-7-13-24(25)29-17-15-28(16-18-29)19-22(20-9-3-2-4-10-20)21-11-5-6-12-23(21)27-26(30)31/h2-14,22,27H,15-19H2,1H3,(H,30,31). The van der Waals surface area contributed by atoms with Crippen LogP contribution in [0.1, 0.15) is 17.0 Å². The number of nitrogens with one attached hydrogen (secondary N) is 1. The Morgan fingerprint density at radius 1 is 0.938 bits per heavy atom. The van der Waals surface area contributed by atoms with Gasteiger partial charge in [0.05, 0.1) is 12.8 Å². The first-order valence-electron chi connectivity index (χ1n) is 10.9. The van der Waals surface area contributed by atoms with Crippen molar-refractivity contribution < 1.29 is 14.6 Å². The summed E-state index contributed by atoms with van der Waals surface area (Å²) in [5.74, 6) is 0.967. The number of ether oxygens (including phenoxy) is 1. The van der Waals surface area contributed by atoms with E-state index in [1.165, 1.54) is 5.56 Å². The fraction of sp³-hybridized carbons (Fsp3) is 0.269. The predicted molar refractivity (Wildman–Crippen MR) is 128 cm³/mol. The Kier molecular flexibility index (Phi) is 6.92. The molecule has 1 saturated heterocycles. The number of hydrogen-bond donors (Lipinski definition) is 2. The third-order valence-electron chi connectivity index (χ3n) is 6.02. The lowest BCUT2D eigenvalue weighted by Crippen LogP contribution is -2.47. The molecule has 0 aromatic heterocycles. The fourth-order valence-electron chi connectivity index (χ4n) is 4.42. The number of nitrogens with zero attached hydrogens (tertiary/aromatic N) is 2. The van der Waals surface area contributed by atoms with Crippen LogP contribution >= 0.6 is 0 Å². The normalized spacial score (nSPS) is 15.2. The first-order chi connectivity index (χ1) is 15.7. The van der Waals surface area contributed by atoms with Crippen LogP contribution in [0.4, 0.5) is 16.2 Å². The lowest BCUT2D eigenvalue weighted by molar-refractivity contribution is 0.209. The van der Waals surface area contributed by atoms with Crippen molar-refractivity contribution >= 4 is 17.5 Å². The second-order valence-corrected chi connectivity index (χ2v) is 7.94. The number of anilines is 2. The quantitative estimate of drug-likeness (QED) is 0.566. The number of methoxy groups -OCH3 is 1. The van der Waals surface area contributed by atoms with Gasteiger partial charge in [-0.2, -0.15) is 0 Å². The summed E-state index contributed by atoms with van der Waals surface area (Å²) in [4.78, 5) is 16.2. The minimum atomic E-state index is -1.05. The van der Waals surface area contributed by atoms with Crippen LogP contribution in [0, 0.1) is 0 Å². The van der Waals surface area contributed by atoms with Gasteiger partial charge in [-0.25, -0.2) is 4.79 Å². The highest BCUT2D eigenvalue weighted by atomic mass is 16.5. The Hall–Kier alpha value is -3.51. The van der Waals surface area contributed by atoms with Crippen molar-refractivity contribution in [1.82, 2.24) is 4.90 Å². The summed E-state index contributed by atoms with van der Waals surface area (Å²) in [6, 6.07) is 26.1. The van der Waals surface area contributed by atoms with Crippen LogP contribution in [-0.4, -0.2) is 55.9 Å². The predicted octanol–water partition coefficient (Wildman–Crippen LogP) is 4.74. The average molecular weight is 432 g/mol. The molecule has 1 amide bonds. The number of rotatable bonds is 7. The van der Waals surface area contributed by atoms with Crippen molar-refractivity contribution in [2.45, 2.75) is 5.92 Å². The minimum absolute atomic E-state index is 0.0667. The molecule has 0 spiro atoms. The highest BCUT2D eigenvalue weighted by Gasteiger charge is 2.25. The molecule has 6 heteroatoms. The van der Waals surface area contributed by atoms with Gasteiger partial charge in [0.15, 0.2) is 0 Å². The molecule has 1 fully saturated rings. The van der Waals surface area contributed by atoms with Crippen molar-refractivity contribution in [3.63, 3.8) is 0 Å². The summed E-state index contributed by atoms with van der Waals surface area (Å²) < 4.78 is 5.54. The van der Waals surface area contributed by atoms with Gasteiger partial charge in [0, 0.05) is 44.3 Å². The number of carbonyl (C=O) groups is 1. The molecule has 3 aromatic carbocycles. The number of carboxylic acid groups (broad SMARTS) is 1. The van der Waals surface area contributed by atoms with E-state index in [9.17, 15) is 9.90 Å². The smallest absolute Gasteiger partial charge is 0.409 e. The molecule has 0 saturated carbocycles. The molecule has 166 valence electrons. The van der Waals surface area contributed by atoms with Gasteiger partial charge >= 0.3 is 6.09 Å². The summed E-state index contributed by atoms with van der Waals surface area (Å²) >= 11 is 0. The molecule has 1 atom stereocenters. The second-order valence-electron chi connectivity index (χ2n) is 7.94. The molecule has 0 radical (unpaired) electrons. The maximum atomic E-state index is 11.4. The lowest BCUT2D eigenvalue weighted by Gasteiger charge is -2.38. The number of para-hydroxylation sites is 3. The van der Waals surface area contributed by atoms with Crippen molar-refractivity contribution in [2.24, 2.45) is 0 Å². The lowest BCUT2D eigenvalue weighted by atomic mass is 9.89. The molecule has 3 aromatic rings. The first kappa shape index (κ1) is 21.7. The zero-order chi connectivity index (χ0) is 22.3. The summed E-state index contributed by atoms with van der Waals surface area (Å²) in [5, 5.41) is 11.9. The average Bonchev–Trinajstić information content (AvgIpc) is 2.84. The van der Waals surface area contributed by atoms with Crippen LogP contribution < -0.4 is 15.0 Å². The van der Waals surface area contributed by atoms with Gasteiger partial charge in [0.25, 0.3) is 0 Å². The van der Waals surface area contributed by atoms with Gasteiger partial charge in [-0.1, -0.05) is 60.7 Å². The van der Waals surface area contributed by atoms with E-state index in [0.717, 1.165) is 49.7 Å². The van der Waals surface area contributed by atoms with Gasteiger partial charge in [-0.3, -0.25) is 10.2 Å². The summed E-state index contributed by atoms with van der Waals surface area (Å²) in [5.41, 5.74) is 3.94. The maximum absolute atomic E-state index is 11.4. The Labute approximate surface area is 189 Å². The van der Waals surface area contributed by atoms with Crippen LogP contribution in [0.15, 0.2) is 78.9 Å². The number of amides is 1. The second kappa shape index (κ2) is 10.2. The van der Waals surface area contributed by atoms with Gasteiger partial charge in [-0.15, -0.1) is 0 Å². The van der Waals surface area contributed by atoms with Crippen molar-refractivity contribution in [1.29, 1.82) is 0 Å². The molecule has 32 heavy (non-hydrogen) atoms. The van der Waals surface area contributed by atoms with Crippen molar-refractivity contribution in [3.05, 3.63) is 90.0 Å².